The first-order valence-electron chi connectivity index (χ1n) is 9.59. The molecule has 7 heteroatoms. The van der Waals surface area contributed by atoms with Gasteiger partial charge in [-0.05, 0) is 37.8 Å². The average Bonchev–Trinajstić information content (AvgIpc) is 3.45. The van der Waals surface area contributed by atoms with Crippen LogP contribution in [0.1, 0.15) is 25.7 Å². The maximum atomic E-state index is 12.7. The lowest BCUT2D eigenvalue weighted by molar-refractivity contribution is -0.122. The monoisotopic (exact) mass is 366 g/mol. The van der Waals surface area contributed by atoms with Gasteiger partial charge in [0.2, 0.25) is 11.5 Å². The zero-order valence-corrected chi connectivity index (χ0v) is 15.1. The number of furan rings is 1. The third-order valence-electron chi connectivity index (χ3n) is 5.62. The minimum absolute atomic E-state index is 0.0400. The van der Waals surface area contributed by atoms with Gasteiger partial charge in [0.25, 0.3) is 5.56 Å². The molecule has 1 saturated heterocycles. The van der Waals surface area contributed by atoms with Gasteiger partial charge in [-0.1, -0.05) is 12.1 Å². The predicted molar refractivity (Wildman–Crippen MR) is 102 cm³/mol. The van der Waals surface area contributed by atoms with E-state index in [1.807, 2.05) is 24.3 Å². The van der Waals surface area contributed by atoms with Gasteiger partial charge in [-0.15, -0.1) is 0 Å². The number of likely N-dealkylation sites (tertiary alicyclic amines) is 1. The second kappa shape index (κ2) is 6.49. The van der Waals surface area contributed by atoms with Gasteiger partial charge in [0, 0.05) is 30.6 Å². The largest absolute Gasteiger partial charge is 0.448 e. The molecule has 140 valence electrons. The zero-order chi connectivity index (χ0) is 18.4. The molecule has 1 aromatic carbocycles. The number of rotatable bonds is 4. The molecule has 2 aromatic heterocycles. The molecule has 5 rings (SSSR count). The standard InChI is InChI=1S/C20H22N4O3/c25-17(22-13-7-9-23(10-8-13)14-5-6-14)11-24-12-21-18-15-3-1-2-4-16(15)27-19(18)20(24)26/h1-4,12-14H,5-11H2,(H,22,25). The van der Waals surface area contributed by atoms with Crippen molar-refractivity contribution in [3.63, 3.8) is 0 Å². The lowest BCUT2D eigenvalue weighted by atomic mass is 10.0. The summed E-state index contributed by atoms with van der Waals surface area (Å²) in [5.41, 5.74) is 1.04. The van der Waals surface area contributed by atoms with E-state index in [0.29, 0.717) is 11.1 Å². The molecule has 3 heterocycles. The van der Waals surface area contributed by atoms with Gasteiger partial charge in [-0.3, -0.25) is 14.2 Å². The Kier molecular flexibility index (Phi) is 3.97. The topological polar surface area (TPSA) is 80.4 Å². The molecule has 0 radical (unpaired) electrons. The maximum absolute atomic E-state index is 12.7. The smallest absolute Gasteiger partial charge is 0.297 e. The van der Waals surface area contributed by atoms with Gasteiger partial charge in [-0.25, -0.2) is 4.98 Å². The molecule has 27 heavy (non-hydrogen) atoms. The summed E-state index contributed by atoms with van der Waals surface area (Å²) in [6.07, 6.45) is 6.01. The first kappa shape index (κ1) is 16.5. The Bertz CT molecular complexity index is 1060. The van der Waals surface area contributed by atoms with Crippen LogP contribution < -0.4 is 10.9 Å². The molecule has 1 saturated carbocycles. The second-order valence-corrected chi connectivity index (χ2v) is 7.56. The van der Waals surface area contributed by atoms with E-state index in [4.69, 9.17) is 4.42 Å². The number of benzene rings is 1. The lowest BCUT2D eigenvalue weighted by Gasteiger charge is -2.32. The first-order chi connectivity index (χ1) is 13.2. The number of fused-ring (bicyclic) bond motifs is 3. The molecule has 0 unspecified atom stereocenters. The van der Waals surface area contributed by atoms with Crippen molar-refractivity contribution in [2.45, 2.75) is 44.3 Å². The number of hydrogen-bond acceptors (Lipinski definition) is 5. The van der Waals surface area contributed by atoms with E-state index in [-0.39, 0.29) is 29.6 Å². The van der Waals surface area contributed by atoms with Crippen molar-refractivity contribution in [1.82, 2.24) is 19.8 Å². The lowest BCUT2D eigenvalue weighted by Crippen LogP contribution is -2.46. The van der Waals surface area contributed by atoms with Gasteiger partial charge in [-0.2, -0.15) is 0 Å². The molecule has 1 aliphatic carbocycles. The number of nitrogens with zero attached hydrogens (tertiary/aromatic N) is 3. The molecule has 1 amide bonds. The number of hydrogen-bond donors (Lipinski definition) is 1. The Balaban J connectivity index is 1.29. The summed E-state index contributed by atoms with van der Waals surface area (Å²) < 4.78 is 6.98. The van der Waals surface area contributed by atoms with Crippen molar-refractivity contribution in [2.24, 2.45) is 0 Å². The minimum atomic E-state index is -0.324. The van der Waals surface area contributed by atoms with Crippen LogP contribution in [0.4, 0.5) is 0 Å². The van der Waals surface area contributed by atoms with Gasteiger partial charge >= 0.3 is 0 Å². The van der Waals surface area contributed by atoms with Crippen LogP contribution in [0.25, 0.3) is 22.1 Å². The van der Waals surface area contributed by atoms with Crippen molar-refractivity contribution < 1.29 is 9.21 Å². The van der Waals surface area contributed by atoms with Gasteiger partial charge in [0.15, 0.2) is 0 Å². The SMILES string of the molecule is O=C(Cn1cnc2c(oc3ccccc32)c1=O)NC1CCN(C2CC2)CC1. The number of amides is 1. The molecule has 0 bridgehead atoms. The summed E-state index contributed by atoms with van der Waals surface area (Å²) in [5, 5.41) is 3.87. The van der Waals surface area contributed by atoms with Crippen molar-refractivity contribution in [2.75, 3.05) is 13.1 Å². The highest BCUT2D eigenvalue weighted by Crippen LogP contribution is 2.29. The van der Waals surface area contributed by atoms with Crippen LogP contribution in [0.3, 0.4) is 0 Å². The van der Waals surface area contributed by atoms with Crippen molar-refractivity contribution in [3.05, 3.63) is 40.9 Å². The Hall–Kier alpha value is -2.67. The van der Waals surface area contributed by atoms with E-state index in [1.165, 1.54) is 23.7 Å². The van der Waals surface area contributed by atoms with Crippen molar-refractivity contribution >= 4 is 28.0 Å². The van der Waals surface area contributed by atoms with Gasteiger partial charge < -0.3 is 14.6 Å². The molecule has 7 nitrogen and oxygen atoms in total. The van der Waals surface area contributed by atoms with Crippen molar-refractivity contribution in [1.29, 1.82) is 0 Å². The number of piperidine rings is 1. The number of carbonyl (C=O) groups is 1. The van der Waals surface area contributed by atoms with Crippen LogP contribution in [0.15, 0.2) is 39.8 Å². The molecule has 0 atom stereocenters. The molecule has 1 aliphatic heterocycles. The average molecular weight is 366 g/mol. The highest BCUT2D eigenvalue weighted by Gasteiger charge is 2.32. The summed E-state index contributed by atoms with van der Waals surface area (Å²) >= 11 is 0. The number of para-hydroxylation sites is 1. The third kappa shape index (κ3) is 3.12. The van der Waals surface area contributed by atoms with Gasteiger partial charge in [0.1, 0.15) is 17.6 Å². The number of aromatic nitrogens is 2. The molecule has 1 N–H and O–H groups in total. The third-order valence-corrected chi connectivity index (χ3v) is 5.62. The Morgan fingerprint density at radius 1 is 1.19 bits per heavy atom. The fourth-order valence-electron chi connectivity index (χ4n) is 4.00. The van der Waals surface area contributed by atoms with E-state index in [0.717, 1.165) is 37.4 Å². The van der Waals surface area contributed by atoms with Crippen LogP contribution in [0.2, 0.25) is 0 Å². The summed E-state index contributed by atoms with van der Waals surface area (Å²) in [5.74, 6) is -0.153. The molecular weight excluding hydrogens is 344 g/mol. The number of nitrogens with one attached hydrogen (secondary N) is 1. The van der Waals surface area contributed by atoms with Crippen LogP contribution in [0, 0.1) is 0 Å². The molecule has 0 spiro atoms. The second-order valence-electron chi connectivity index (χ2n) is 7.56. The Labute approximate surface area is 156 Å². The van der Waals surface area contributed by atoms with E-state index < -0.39 is 0 Å². The Morgan fingerprint density at radius 2 is 1.96 bits per heavy atom. The summed E-state index contributed by atoms with van der Waals surface area (Å²) in [6, 6.07) is 8.38. The predicted octanol–water partition coefficient (Wildman–Crippen LogP) is 1.89. The van der Waals surface area contributed by atoms with Gasteiger partial charge in [0.05, 0.1) is 6.33 Å². The highest BCUT2D eigenvalue weighted by atomic mass is 16.3. The Morgan fingerprint density at radius 3 is 2.74 bits per heavy atom. The van der Waals surface area contributed by atoms with Crippen LogP contribution >= 0.6 is 0 Å². The molecule has 3 aromatic rings. The maximum Gasteiger partial charge on any atom is 0.297 e. The molecule has 2 aliphatic rings. The van der Waals surface area contributed by atoms with Crippen LogP contribution in [-0.2, 0) is 11.3 Å². The molecular formula is C20H22N4O3. The van der Waals surface area contributed by atoms with E-state index >= 15 is 0 Å². The quantitative estimate of drug-likeness (QED) is 0.763. The summed E-state index contributed by atoms with van der Waals surface area (Å²) in [7, 11) is 0. The molecule has 2 fully saturated rings. The van der Waals surface area contributed by atoms with Crippen LogP contribution in [-0.4, -0.2) is 45.5 Å². The fourth-order valence-corrected chi connectivity index (χ4v) is 4.00. The zero-order valence-electron chi connectivity index (χ0n) is 15.1. The normalized spacial score (nSPS) is 19.0. The van der Waals surface area contributed by atoms with E-state index in [1.54, 1.807) is 0 Å². The summed E-state index contributed by atoms with van der Waals surface area (Å²) in [6.45, 7) is 2.05. The van der Waals surface area contributed by atoms with E-state index in [9.17, 15) is 9.59 Å². The minimum Gasteiger partial charge on any atom is -0.448 e. The van der Waals surface area contributed by atoms with Crippen molar-refractivity contribution in [3.8, 4) is 0 Å². The van der Waals surface area contributed by atoms with E-state index in [2.05, 4.69) is 15.2 Å². The highest BCUT2D eigenvalue weighted by molar-refractivity contribution is 6.01. The summed E-state index contributed by atoms with van der Waals surface area (Å²) in [4.78, 5) is 32.0. The van der Waals surface area contributed by atoms with Crippen LogP contribution in [0.5, 0.6) is 0 Å². The fraction of sp³-hybridized carbons (Fsp3) is 0.450. The number of carbonyl (C=O) groups excluding carboxylic acids is 1. The first-order valence-corrected chi connectivity index (χ1v) is 9.59.